The van der Waals surface area contributed by atoms with E-state index < -0.39 is 0 Å². The van der Waals surface area contributed by atoms with Crippen molar-refractivity contribution in [2.75, 3.05) is 11.9 Å². The van der Waals surface area contributed by atoms with Gasteiger partial charge in [-0.1, -0.05) is 11.8 Å². The lowest BCUT2D eigenvalue weighted by molar-refractivity contribution is 0.102. The number of amides is 1. The van der Waals surface area contributed by atoms with E-state index in [4.69, 9.17) is 5.11 Å². The topological polar surface area (TPSA) is 62.2 Å². The van der Waals surface area contributed by atoms with Crippen molar-refractivity contribution in [3.05, 3.63) is 32.5 Å². The maximum absolute atomic E-state index is 12.2. The van der Waals surface area contributed by atoms with Crippen LogP contribution in [-0.4, -0.2) is 22.6 Å². The summed E-state index contributed by atoms with van der Waals surface area (Å²) in [5, 5.41) is 14.0. The van der Waals surface area contributed by atoms with E-state index in [1.54, 1.807) is 22.8 Å². The number of aliphatic hydroxyl groups excluding tert-OH is 1. The Morgan fingerprint density at radius 2 is 2.38 bits per heavy atom. The highest BCUT2D eigenvalue weighted by molar-refractivity contribution is 7.16. The van der Waals surface area contributed by atoms with Gasteiger partial charge in [-0.2, -0.15) is 0 Å². The third-order valence-corrected chi connectivity index (χ3v) is 5.04. The zero-order valence-electron chi connectivity index (χ0n) is 11.3. The molecule has 21 heavy (non-hydrogen) atoms. The zero-order chi connectivity index (χ0) is 14.7. The summed E-state index contributed by atoms with van der Waals surface area (Å²) in [6.45, 7) is 0.0560. The van der Waals surface area contributed by atoms with E-state index in [9.17, 15) is 4.79 Å². The second-order valence-electron chi connectivity index (χ2n) is 4.67. The van der Waals surface area contributed by atoms with Gasteiger partial charge >= 0.3 is 0 Å². The number of nitrogens with one attached hydrogen (secondary N) is 1. The molecule has 1 amide bonds. The van der Waals surface area contributed by atoms with Crippen LogP contribution in [0.1, 0.15) is 38.6 Å². The molecule has 2 heterocycles. The molecule has 0 spiro atoms. The zero-order valence-corrected chi connectivity index (χ0v) is 12.9. The quantitative estimate of drug-likeness (QED) is 0.855. The molecule has 2 aromatic heterocycles. The number of aliphatic hydroxyl groups is 1. The molecule has 0 radical (unpaired) electrons. The van der Waals surface area contributed by atoms with Gasteiger partial charge in [-0.15, -0.1) is 22.7 Å². The van der Waals surface area contributed by atoms with E-state index in [-0.39, 0.29) is 12.5 Å². The minimum atomic E-state index is -0.145. The third kappa shape index (κ3) is 3.32. The molecule has 0 aliphatic heterocycles. The molecule has 1 aliphatic rings. The number of carbonyl (C=O) groups is 1. The predicted octanol–water partition coefficient (Wildman–Crippen LogP) is 2.68. The summed E-state index contributed by atoms with van der Waals surface area (Å²) in [5.74, 6) is 5.63. The van der Waals surface area contributed by atoms with Gasteiger partial charge in [0.1, 0.15) is 0 Å². The van der Waals surface area contributed by atoms with E-state index in [2.05, 4.69) is 22.1 Å². The van der Waals surface area contributed by atoms with Crippen LogP contribution in [0.4, 0.5) is 5.13 Å². The maximum Gasteiger partial charge on any atom is 0.258 e. The highest BCUT2D eigenvalue weighted by atomic mass is 32.1. The Bertz CT molecular complexity index is 700. The molecule has 2 aromatic rings. The van der Waals surface area contributed by atoms with Crippen LogP contribution in [0.25, 0.3) is 0 Å². The van der Waals surface area contributed by atoms with Crippen LogP contribution in [-0.2, 0) is 12.8 Å². The lowest BCUT2D eigenvalue weighted by atomic mass is 10.3. The van der Waals surface area contributed by atoms with Crippen molar-refractivity contribution in [1.29, 1.82) is 0 Å². The SMILES string of the molecule is O=C(Nc1nc2c(s1)CCC2)c1csc(C#CCCO)c1. The fourth-order valence-electron chi connectivity index (χ4n) is 2.14. The summed E-state index contributed by atoms with van der Waals surface area (Å²) in [6, 6.07) is 1.77. The van der Waals surface area contributed by atoms with Crippen LogP contribution >= 0.6 is 22.7 Å². The number of aromatic nitrogens is 1. The Balaban J connectivity index is 1.66. The predicted molar refractivity (Wildman–Crippen MR) is 85.0 cm³/mol. The van der Waals surface area contributed by atoms with Crippen molar-refractivity contribution in [1.82, 2.24) is 4.98 Å². The summed E-state index contributed by atoms with van der Waals surface area (Å²) in [4.78, 5) is 18.7. The van der Waals surface area contributed by atoms with Crippen LogP contribution < -0.4 is 5.32 Å². The van der Waals surface area contributed by atoms with Gasteiger partial charge in [0.25, 0.3) is 5.91 Å². The number of hydrogen-bond acceptors (Lipinski definition) is 5. The fraction of sp³-hybridized carbons (Fsp3) is 0.333. The van der Waals surface area contributed by atoms with Crippen molar-refractivity contribution in [2.45, 2.75) is 25.7 Å². The monoisotopic (exact) mass is 318 g/mol. The van der Waals surface area contributed by atoms with E-state index >= 15 is 0 Å². The largest absolute Gasteiger partial charge is 0.395 e. The van der Waals surface area contributed by atoms with Gasteiger partial charge in [0.05, 0.1) is 22.7 Å². The molecule has 0 atom stereocenters. The van der Waals surface area contributed by atoms with Crippen LogP contribution in [0.2, 0.25) is 0 Å². The van der Waals surface area contributed by atoms with Crippen molar-refractivity contribution in [2.24, 2.45) is 0 Å². The number of thiazole rings is 1. The van der Waals surface area contributed by atoms with E-state index in [1.165, 1.54) is 22.6 Å². The average molecular weight is 318 g/mol. The Labute approximate surface area is 130 Å². The molecule has 0 saturated heterocycles. The van der Waals surface area contributed by atoms with Gasteiger partial charge in [0.15, 0.2) is 5.13 Å². The molecular weight excluding hydrogens is 304 g/mol. The molecule has 1 aliphatic carbocycles. The maximum atomic E-state index is 12.2. The van der Waals surface area contributed by atoms with E-state index in [0.29, 0.717) is 17.1 Å². The van der Waals surface area contributed by atoms with Crippen molar-refractivity contribution in [3.63, 3.8) is 0 Å². The number of nitrogens with zero attached hydrogens (tertiary/aromatic N) is 1. The van der Waals surface area contributed by atoms with Crippen molar-refractivity contribution < 1.29 is 9.90 Å². The van der Waals surface area contributed by atoms with Crippen molar-refractivity contribution in [3.8, 4) is 11.8 Å². The number of hydrogen-bond donors (Lipinski definition) is 2. The molecular formula is C15H14N2O2S2. The smallest absolute Gasteiger partial charge is 0.258 e. The van der Waals surface area contributed by atoms with Crippen LogP contribution in [0.3, 0.4) is 0 Å². The normalized spacial score (nSPS) is 12.6. The summed E-state index contributed by atoms with van der Waals surface area (Å²) >= 11 is 3.00. The summed E-state index contributed by atoms with van der Waals surface area (Å²) in [7, 11) is 0. The van der Waals surface area contributed by atoms with Gasteiger partial charge < -0.3 is 5.11 Å². The van der Waals surface area contributed by atoms with Crippen LogP contribution in [0.5, 0.6) is 0 Å². The summed E-state index contributed by atoms with van der Waals surface area (Å²) in [6.07, 6.45) is 3.71. The molecule has 0 aromatic carbocycles. The molecule has 6 heteroatoms. The standard InChI is InChI=1S/C15H14N2O2S2/c18-7-2-1-4-11-8-10(9-20-11)14(19)17-15-16-12-5-3-6-13(12)21-15/h8-9,18H,2-3,5-7H2,(H,16,17,19). The lowest BCUT2D eigenvalue weighted by Crippen LogP contribution is -2.10. The second-order valence-corrected chi connectivity index (χ2v) is 6.67. The van der Waals surface area contributed by atoms with Gasteiger partial charge in [0, 0.05) is 16.7 Å². The number of carbonyl (C=O) groups excluding carboxylic acids is 1. The third-order valence-electron chi connectivity index (χ3n) is 3.13. The lowest BCUT2D eigenvalue weighted by Gasteiger charge is -1.98. The Kier molecular flexibility index (Phi) is 4.34. The average Bonchev–Trinajstić information content (AvgIpc) is 3.14. The summed E-state index contributed by atoms with van der Waals surface area (Å²) < 4.78 is 0. The Morgan fingerprint density at radius 3 is 3.19 bits per heavy atom. The molecule has 108 valence electrons. The Morgan fingerprint density at radius 1 is 1.48 bits per heavy atom. The fourth-order valence-corrected chi connectivity index (χ4v) is 3.94. The van der Waals surface area contributed by atoms with E-state index in [0.717, 1.165) is 23.4 Å². The van der Waals surface area contributed by atoms with Gasteiger partial charge in [-0.25, -0.2) is 4.98 Å². The number of aryl methyl sites for hydroxylation is 2. The first-order valence-corrected chi connectivity index (χ1v) is 8.44. The van der Waals surface area contributed by atoms with Gasteiger partial charge in [-0.05, 0) is 25.3 Å². The van der Waals surface area contributed by atoms with Gasteiger partial charge in [-0.3, -0.25) is 10.1 Å². The van der Waals surface area contributed by atoms with Crippen LogP contribution in [0, 0.1) is 11.8 Å². The second kappa shape index (κ2) is 6.39. The highest BCUT2D eigenvalue weighted by Crippen LogP contribution is 2.30. The molecule has 2 N–H and O–H groups in total. The van der Waals surface area contributed by atoms with Crippen LogP contribution in [0.15, 0.2) is 11.4 Å². The molecule has 0 saturated carbocycles. The molecule has 0 fully saturated rings. The first-order chi connectivity index (χ1) is 10.3. The number of anilines is 1. The van der Waals surface area contributed by atoms with Gasteiger partial charge in [0.2, 0.25) is 0 Å². The minimum Gasteiger partial charge on any atom is -0.395 e. The summed E-state index contributed by atoms with van der Waals surface area (Å²) in [5.41, 5.74) is 1.74. The van der Waals surface area contributed by atoms with Crippen molar-refractivity contribution >= 4 is 33.7 Å². The molecule has 0 bridgehead atoms. The molecule has 4 nitrogen and oxygen atoms in total. The molecule has 3 rings (SSSR count). The highest BCUT2D eigenvalue weighted by Gasteiger charge is 2.18. The first kappa shape index (κ1) is 14.3. The minimum absolute atomic E-state index is 0.0560. The number of thiophene rings is 1. The number of rotatable bonds is 3. The van der Waals surface area contributed by atoms with E-state index in [1.807, 2.05) is 0 Å². The number of fused-ring (bicyclic) bond motifs is 1. The molecule has 0 unspecified atom stereocenters. The first-order valence-electron chi connectivity index (χ1n) is 6.74. The Hall–Kier alpha value is -1.68.